The molecular formula is C16H25ClN2O4S. The number of nitrogens with one attached hydrogen (secondary N) is 1. The highest BCUT2D eigenvalue weighted by atomic mass is 35.5. The van der Waals surface area contributed by atoms with Gasteiger partial charge in [0.2, 0.25) is 10.0 Å². The van der Waals surface area contributed by atoms with Gasteiger partial charge >= 0.3 is 0 Å². The summed E-state index contributed by atoms with van der Waals surface area (Å²) < 4.78 is 32.7. The third-order valence-electron chi connectivity index (χ3n) is 4.09. The maximum Gasteiger partial charge on any atom is 0.240 e. The number of hydrogen-bond acceptors (Lipinski definition) is 5. The van der Waals surface area contributed by atoms with Crippen molar-refractivity contribution in [2.45, 2.75) is 24.7 Å². The van der Waals surface area contributed by atoms with Crippen LogP contribution in [0.3, 0.4) is 0 Å². The van der Waals surface area contributed by atoms with E-state index in [-0.39, 0.29) is 11.5 Å². The van der Waals surface area contributed by atoms with E-state index in [1.807, 2.05) is 6.92 Å². The van der Waals surface area contributed by atoms with Crippen molar-refractivity contribution < 1.29 is 18.3 Å². The molecule has 0 radical (unpaired) electrons. The van der Waals surface area contributed by atoms with E-state index in [0.29, 0.717) is 36.4 Å². The average molecular weight is 377 g/mol. The zero-order valence-corrected chi connectivity index (χ0v) is 15.4. The van der Waals surface area contributed by atoms with Crippen molar-refractivity contribution in [3.05, 3.63) is 23.2 Å². The molecule has 2 rings (SSSR count). The van der Waals surface area contributed by atoms with Gasteiger partial charge in [-0.3, -0.25) is 0 Å². The number of piperidine rings is 1. The van der Waals surface area contributed by atoms with Crippen LogP contribution in [0.15, 0.2) is 23.1 Å². The normalized spacial score (nSPS) is 19.4. The Labute approximate surface area is 148 Å². The Morgan fingerprint density at radius 1 is 1.46 bits per heavy atom. The third-order valence-corrected chi connectivity index (χ3v) is 5.87. The first kappa shape index (κ1) is 19.5. The van der Waals surface area contributed by atoms with Crippen LogP contribution < -0.4 is 9.46 Å². The van der Waals surface area contributed by atoms with Gasteiger partial charge in [-0.2, -0.15) is 0 Å². The molecule has 8 heteroatoms. The summed E-state index contributed by atoms with van der Waals surface area (Å²) in [6.45, 7) is 5.12. The van der Waals surface area contributed by atoms with E-state index in [0.717, 1.165) is 25.9 Å². The average Bonchev–Trinajstić information content (AvgIpc) is 2.57. The van der Waals surface area contributed by atoms with E-state index in [9.17, 15) is 13.5 Å². The molecule has 1 aromatic rings. The lowest BCUT2D eigenvalue weighted by Gasteiger charge is -2.31. The van der Waals surface area contributed by atoms with Crippen LogP contribution in [-0.4, -0.2) is 57.8 Å². The Kier molecular flexibility index (Phi) is 7.31. The second kappa shape index (κ2) is 9.01. The Morgan fingerprint density at radius 2 is 2.25 bits per heavy atom. The fourth-order valence-electron chi connectivity index (χ4n) is 2.84. The number of rotatable bonds is 8. The second-order valence-corrected chi connectivity index (χ2v) is 8.09. The molecule has 6 nitrogen and oxygen atoms in total. The first-order valence-corrected chi connectivity index (χ1v) is 10.1. The van der Waals surface area contributed by atoms with E-state index >= 15 is 0 Å². The monoisotopic (exact) mass is 376 g/mol. The largest absolute Gasteiger partial charge is 0.492 e. The molecule has 0 amide bonds. The van der Waals surface area contributed by atoms with Crippen molar-refractivity contribution in [2.75, 3.05) is 39.4 Å². The van der Waals surface area contributed by atoms with Gasteiger partial charge < -0.3 is 14.7 Å². The van der Waals surface area contributed by atoms with Gasteiger partial charge in [0.15, 0.2) is 0 Å². The lowest BCUT2D eigenvalue weighted by molar-refractivity contribution is 0.122. The van der Waals surface area contributed by atoms with Crippen molar-refractivity contribution in [1.29, 1.82) is 0 Å². The minimum absolute atomic E-state index is 0.141. The van der Waals surface area contributed by atoms with E-state index in [2.05, 4.69) is 9.62 Å². The van der Waals surface area contributed by atoms with Gasteiger partial charge in [0, 0.05) is 32.3 Å². The molecule has 0 aromatic heterocycles. The first-order chi connectivity index (χ1) is 11.5. The van der Waals surface area contributed by atoms with Crippen LogP contribution in [0.25, 0.3) is 0 Å². The summed E-state index contributed by atoms with van der Waals surface area (Å²) in [7, 11) is -3.60. The summed E-state index contributed by atoms with van der Waals surface area (Å²) in [6, 6.07) is 4.43. The first-order valence-electron chi connectivity index (χ1n) is 8.21. The number of hydrogen-bond donors (Lipinski definition) is 2. The number of halogens is 1. The van der Waals surface area contributed by atoms with Crippen LogP contribution in [0, 0.1) is 5.92 Å². The summed E-state index contributed by atoms with van der Waals surface area (Å²) >= 11 is 5.99. The molecule has 1 aliphatic heterocycles. The smallest absolute Gasteiger partial charge is 0.240 e. The van der Waals surface area contributed by atoms with Crippen molar-refractivity contribution >= 4 is 21.6 Å². The van der Waals surface area contributed by atoms with Crippen molar-refractivity contribution in [2.24, 2.45) is 5.92 Å². The van der Waals surface area contributed by atoms with Crippen LogP contribution in [-0.2, 0) is 10.0 Å². The van der Waals surface area contributed by atoms with Gasteiger partial charge in [-0.1, -0.05) is 11.6 Å². The molecule has 1 saturated heterocycles. The number of likely N-dealkylation sites (tertiary alicyclic amines) is 1. The van der Waals surface area contributed by atoms with Gasteiger partial charge in [-0.05, 0) is 44.4 Å². The van der Waals surface area contributed by atoms with Gasteiger partial charge in [-0.25, -0.2) is 13.1 Å². The number of ether oxygens (including phenoxy) is 1. The minimum atomic E-state index is -3.60. The lowest BCUT2D eigenvalue weighted by Crippen LogP contribution is -2.41. The van der Waals surface area contributed by atoms with E-state index < -0.39 is 10.0 Å². The number of aliphatic hydroxyl groups is 1. The predicted molar refractivity (Wildman–Crippen MR) is 94.1 cm³/mol. The number of aliphatic hydroxyl groups excluding tert-OH is 1. The lowest BCUT2D eigenvalue weighted by atomic mass is 9.99. The number of sulfonamides is 1. The van der Waals surface area contributed by atoms with Crippen LogP contribution in [0.5, 0.6) is 5.75 Å². The predicted octanol–water partition coefficient (Wildman–Crippen LogP) is 1.72. The van der Waals surface area contributed by atoms with E-state index in [1.54, 1.807) is 0 Å². The number of nitrogens with zero attached hydrogens (tertiary/aromatic N) is 1. The minimum Gasteiger partial charge on any atom is -0.492 e. The van der Waals surface area contributed by atoms with Crippen molar-refractivity contribution in [1.82, 2.24) is 9.62 Å². The highest BCUT2D eigenvalue weighted by Gasteiger charge is 2.20. The molecule has 0 aliphatic carbocycles. The summed E-state index contributed by atoms with van der Waals surface area (Å²) in [5.74, 6) is 0.657. The Morgan fingerprint density at radius 3 is 2.96 bits per heavy atom. The fourth-order valence-corrected chi connectivity index (χ4v) is 4.05. The van der Waals surface area contributed by atoms with E-state index in [1.165, 1.54) is 18.2 Å². The van der Waals surface area contributed by atoms with Crippen LogP contribution >= 0.6 is 11.6 Å². The topological polar surface area (TPSA) is 78.9 Å². The van der Waals surface area contributed by atoms with Gasteiger partial charge in [-0.15, -0.1) is 0 Å². The highest BCUT2D eigenvalue weighted by molar-refractivity contribution is 7.89. The van der Waals surface area contributed by atoms with Crippen LogP contribution in [0.2, 0.25) is 5.02 Å². The molecule has 136 valence electrons. The Balaban J connectivity index is 1.92. The molecule has 1 aliphatic rings. The third kappa shape index (κ3) is 5.32. The SMILES string of the molecule is CCOc1cc(S(=O)(=O)NCCN2CCC[C@@H](CO)C2)ccc1Cl. The molecule has 1 heterocycles. The van der Waals surface area contributed by atoms with Gasteiger partial charge in [0.1, 0.15) is 5.75 Å². The maximum absolute atomic E-state index is 12.4. The molecule has 1 aromatic carbocycles. The van der Waals surface area contributed by atoms with Crippen LogP contribution in [0.1, 0.15) is 19.8 Å². The summed E-state index contributed by atoms with van der Waals surface area (Å²) in [5.41, 5.74) is 0. The molecule has 2 N–H and O–H groups in total. The molecule has 24 heavy (non-hydrogen) atoms. The Hall–Kier alpha value is -0.860. The quantitative estimate of drug-likeness (QED) is 0.722. The zero-order valence-electron chi connectivity index (χ0n) is 13.9. The molecular weight excluding hydrogens is 352 g/mol. The van der Waals surface area contributed by atoms with E-state index in [4.69, 9.17) is 16.3 Å². The molecule has 0 saturated carbocycles. The fraction of sp³-hybridized carbons (Fsp3) is 0.625. The van der Waals surface area contributed by atoms with Gasteiger partial charge in [0.25, 0.3) is 0 Å². The zero-order chi connectivity index (χ0) is 17.6. The van der Waals surface area contributed by atoms with Crippen molar-refractivity contribution in [3.8, 4) is 5.75 Å². The van der Waals surface area contributed by atoms with Crippen molar-refractivity contribution in [3.63, 3.8) is 0 Å². The summed E-state index contributed by atoms with van der Waals surface area (Å²) in [5, 5.41) is 9.63. The Bertz CT molecular complexity index is 639. The maximum atomic E-state index is 12.4. The second-order valence-electron chi connectivity index (χ2n) is 5.91. The van der Waals surface area contributed by atoms with Crippen LogP contribution in [0.4, 0.5) is 0 Å². The standard InChI is InChI=1S/C16H25ClN2O4S/c1-2-23-16-10-14(5-6-15(16)17)24(21,22)18-7-9-19-8-3-4-13(11-19)12-20/h5-6,10,13,18,20H,2-4,7-9,11-12H2,1H3/t13-/m1/s1. The summed E-state index contributed by atoms with van der Waals surface area (Å²) in [6.07, 6.45) is 2.07. The molecule has 1 atom stereocenters. The molecule has 0 unspecified atom stereocenters. The molecule has 0 bridgehead atoms. The molecule has 1 fully saturated rings. The van der Waals surface area contributed by atoms with Gasteiger partial charge in [0.05, 0.1) is 16.5 Å². The highest BCUT2D eigenvalue weighted by Crippen LogP contribution is 2.27. The molecule has 0 spiro atoms. The number of benzene rings is 1. The summed E-state index contributed by atoms with van der Waals surface area (Å²) in [4.78, 5) is 2.32.